The van der Waals surface area contributed by atoms with Gasteiger partial charge in [-0.05, 0) is 123 Å². The van der Waals surface area contributed by atoms with Gasteiger partial charge in [0.2, 0.25) is 0 Å². The smallest absolute Gasteiger partial charge is 0.255 e. The van der Waals surface area contributed by atoms with Crippen molar-refractivity contribution in [1.82, 2.24) is 9.80 Å². The summed E-state index contributed by atoms with van der Waals surface area (Å²) in [6, 6.07) is 26.9. The van der Waals surface area contributed by atoms with Crippen molar-refractivity contribution in [3.8, 4) is 0 Å². The predicted molar refractivity (Wildman–Crippen MR) is 308 cm³/mol. The van der Waals surface area contributed by atoms with Gasteiger partial charge in [-0.2, -0.15) is 0 Å². The number of carbonyl (C=O) groups is 2. The standard InChI is InChI=1S/C21H24Cl2N2O.C13H20N2O.C7H3Cl3O.B6.B5.B4/c1-25(18-5-3-2-4-6-18)14-15-7-10-17(11-8-15)24-21(26)16-9-12-19(22)20(23)13-16;1-15(13-6-8-16-9-7-13)10-11-2-4-12(14)5-3-11;8-5-2-1-4(7(10)11)3-6(5)9;1-5(2)6(3)4;1-4-5(2)3;1-4(2)3/h7-13,18H,2-6,14H2,1H3,(H,24,26);2-5,13H,6-10,14H2,1H3;1-3H;;;. The number of hydrogen-bond donors (Lipinski definition) is 2. The molecule has 4 aromatic carbocycles. The van der Waals surface area contributed by atoms with Crippen molar-refractivity contribution in [2.45, 2.75) is 70.1 Å². The van der Waals surface area contributed by atoms with Gasteiger partial charge in [-0.3, -0.25) is 19.4 Å². The van der Waals surface area contributed by atoms with Crippen LogP contribution in [0.25, 0.3) is 0 Å². The number of nitrogens with zero attached hydrogens (tertiary/aromatic N) is 2. The van der Waals surface area contributed by atoms with Crippen LogP contribution in [0.5, 0.6) is 0 Å². The second-order valence-electron chi connectivity index (χ2n) is 15.9. The van der Waals surface area contributed by atoms with Gasteiger partial charge in [-0.1, -0.05) is 89.9 Å². The molecule has 1 aliphatic heterocycles. The van der Waals surface area contributed by atoms with E-state index < -0.39 is 30.8 Å². The van der Waals surface area contributed by atoms with Crippen LogP contribution in [0.2, 0.25) is 20.1 Å². The van der Waals surface area contributed by atoms with Gasteiger partial charge in [0.25, 0.3) is 11.1 Å². The minimum absolute atomic E-state index is 0.198. The number of halogens is 5. The molecule has 0 spiro atoms. The summed E-state index contributed by atoms with van der Waals surface area (Å²) >= 11 is 28.3. The topological polar surface area (TPSA) is 87.9 Å². The van der Waals surface area contributed by atoms with Gasteiger partial charge >= 0.3 is 0 Å². The molecule has 0 bridgehead atoms. The van der Waals surface area contributed by atoms with E-state index >= 15 is 0 Å². The number of hydrogen-bond acceptors (Lipinski definition) is 6. The van der Waals surface area contributed by atoms with E-state index in [2.05, 4.69) is 76.7 Å². The van der Waals surface area contributed by atoms with Crippen molar-refractivity contribution in [2.24, 2.45) is 0 Å². The van der Waals surface area contributed by atoms with Crippen LogP contribution in [0.4, 0.5) is 11.4 Å². The molecular formula is C41H47B15Cl5N4O3. The first kappa shape index (κ1) is 64.1. The Morgan fingerprint density at radius 3 is 1.44 bits per heavy atom. The number of nitrogens with two attached hydrogens (primary N) is 1. The Kier molecular flexibility index (Phi) is 34.1. The fraction of sp³-hybridized carbons (Fsp3) is 0.366. The molecule has 1 amide bonds. The van der Waals surface area contributed by atoms with E-state index in [9.17, 15) is 9.59 Å². The van der Waals surface area contributed by atoms with Crippen LogP contribution < -0.4 is 11.1 Å². The van der Waals surface area contributed by atoms with Crippen molar-refractivity contribution in [1.29, 1.82) is 0 Å². The van der Waals surface area contributed by atoms with Gasteiger partial charge in [-0.25, -0.2) is 0 Å². The molecule has 0 aromatic heterocycles. The first-order valence-electron chi connectivity index (χ1n) is 21.7. The minimum Gasteiger partial charge on any atom is -0.399 e. The number of carbonyl (C=O) groups excluding carboxylic acids is 2. The van der Waals surface area contributed by atoms with E-state index in [1.807, 2.05) is 24.3 Å². The lowest BCUT2D eigenvalue weighted by Crippen LogP contribution is -2.38. The largest absolute Gasteiger partial charge is 0.399 e. The predicted octanol–water partition coefficient (Wildman–Crippen LogP) is 5.55. The Labute approximate surface area is 447 Å². The molecule has 6 rings (SSSR count). The zero-order valence-corrected chi connectivity index (χ0v) is 42.5. The SMILES string of the molecule is CN(Cc1ccc(N)cc1)C1CCOCC1.CN(Cc1ccc(NC(=O)c2ccc(Cl)c(Cl)c2)cc1)C1CCCCC1.O=C(Cl)c1ccc(Cl)c(Cl)c1.[B]B([B])B([B])[B].[B]B([B])[B].[B][B]B([B])[B]. The molecule has 27 heteroatoms. The van der Waals surface area contributed by atoms with Gasteiger partial charge in [0.15, 0.2) is 0 Å². The first-order chi connectivity index (χ1) is 32.0. The molecule has 1 saturated heterocycles. The fourth-order valence-electron chi connectivity index (χ4n) is 6.26. The summed E-state index contributed by atoms with van der Waals surface area (Å²) in [6.07, 6.45) is 6.63. The Morgan fingerprint density at radius 2 is 1.04 bits per heavy atom. The zero-order chi connectivity index (χ0) is 51.3. The number of anilines is 2. The average Bonchev–Trinajstić information content (AvgIpc) is 3.30. The molecule has 21 radical (unpaired) electrons. The average molecular weight is 983 g/mol. The van der Waals surface area contributed by atoms with Crippen LogP contribution in [0.15, 0.2) is 84.9 Å². The van der Waals surface area contributed by atoms with Gasteiger partial charge in [0, 0.05) is 171 Å². The van der Waals surface area contributed by atoms with Crippen molar-refractivity contribution in [2.75, 3.05) is 38.4 Å². The van der Waals surface area contributed by atoms with Crippen molar-refractivity contribution in [3.05, 3.63) is 127 Å². The van der Waals surface area contributed by atoms with Crippen molar-refractivity contribution < 1.29 is 14.3 Å². The van der Waals surface area contributed by atoms with Crippen LogP contribution in [-0.4, -0.2) is 170 Å². The molecule has 2 fully saturated rings. The summed E-state index contributed by atoms with van der Waals surface area (Å²) in [6.45, 7) is 3.73. The van der Waals surface area contributed by atoms with Gasteiger partial charge in [-0.15, -0.1) is 0 Å². The number of nitrogen functional groups attached to an aromatic ring is 1. The zero-order valence-electron chi connectivity index (χ0n) is 38.8. The normalized spacial score (nSPS) is 13.1. The van der Waals surface area contributed by atoms with Gasteiger partial charge < -0.3 is 15.8 Å². The number of nitrogens with one attached hydrogen (secondary N) is 1. The highest BCUT2D eigenvalue weighted by Gasteiger charge is 2.19. The molecule has 1 saturated carbocycles. The molecule has 7 nitrogen and oxygen atoms in total. The Hall–Kier alpha value is -1.88. The Bertz CT molecular complexity index is 2020. The van der Waals surface area contributed by atoms with Crippen LogP contribution in [0, 0.1) is 0 Å². The summed E-state index contributed by atoms with van der Waals surface area (Å²) in [5, 5.41) is 3.91. The molecule has 3 N–H and O–H groups in total. The summed E-state index contributed by atoms with van der Waals surface area (Å²) in [7, 11) is 54.0. The van der Waals surface area contributed by atoms with Crippen LogP contribution >= 0.6 is 58.0 Å². The van der Waals surface area contributed by atoms with Crippen molar-refractivity contribution >= 4 is 191 Å². The second-order valence-corrected chi connectivity index (χ2v) is 17.9. The molecular weight excluding hydrogens is 936 g/mol. The highest BCUT2D eigenvalue weighted by atomic mass is 35.5. The Morgan fingerprint density at radius 1 is 0.647 bits per heavy atom. The molecule has 0 unspecified atom stereocenters. The lowest BCUT2D eigenvalue weighted by atomic mass is 8.81. The van der Waals surface area contributed by atoms with Crippen LogP contribution in [-0.2, 0) is 17.8 Å². The van der Waals surface area contributed by atoms with E-state index in [0.29, 0.717) is 43.3 Å². The monoisotopic (exact) mass is 983 g/mol. The molecule has 68 heavy (non-hydrogen) atoms. The third-order valence-electron chi connectivity index (χ3n) is 10.1. The molecule has 4 aromatic rings. The second kappa shape index (κ2) is 36.1. The maximum absolute atomic E-state index is 12.3. The lowest BCUT2D eigenvalue weighted by molar-refractivity contribution is 0.0407. The number of amides is 1. The minimum atomic E-state index is -0.667. The maximum atomic E-state index is 12.3. The summed E-state index contributed by atoms with van der Waals surface area (Å²) in [5.41, 5.74) is 10.7. The number of rotatable bonds is 11. The van der Waals surface area contributed by atoms with Crippen molar-refractivity contribution in [3.63, 3.8) is 0 Å². The fourth-order valence-corrected chi connectivity index (χ4v) is 6.97. The van der Waals surface area contributed by atoms with E-state index in [4.69, 9.17) is 123 Å². The number of benzene rings is 4. The summed E-state index contributed by atoms with van der Waals surface area (Å²) in [4.78, 5) is 27.8. The lowest BCUT2D eigenvalue weighted by Gasteiger charge is -2.31. The third kappa shape index (κ3) is 28.8. The molecule has 0 atom stereocenters. The molecule has 1 heterocycles. The van der Waals surface area contributed by atoms with Crippen LogP contribution in [0.3, 0.4) is 0 Å². The van der Waals surface area contributed by atoms with E-state index in [1.54, 1.807) is 18.2 Å². The van der Waals surface area contributed by atoms with Crippen LogP contribution in [0.1, 0.15) is 76.8 Å². The highest BCUT2D eigenvalue weighted by Crippen LogP contribution is 2.26. The summed E-state index contributed by atoms with van der Waals surface area (Å²) in [5.74, 6) is -0.198. The third-order valence-corrected chi connectivity index (χ3v) is 11.8. The Balaban J connectivity index is 0.000000468. The van der Waals surface area contributed by atoms with Gasteiger partial charge in [0.1, 0.15) is 0 Å². The maximum Gasteiger partial charge on any atom is 0.255 e. The number of ether oxygens (including phenoxy) is 1. The molecule has 1 aliphatic carbocycles. The van der Waals surface area contributed by atoms with Gasteiger partial charge in [0.05, 0.1) is 20.1 Å². The van der Waals surface area contributed by atoms with E-state index in [-0.39, 0.29) is 5.91 Å². The molecule has 2 aliphatic rings. The highest BCUT2D eigenvalue weighted by molar-refractivity contribution is 7.76. The van der Waals surface area contributed by atoms with E-state index in [1.165, 1.54) is 68.5 Å². The quantitative estimate of drug-likeness (QED) is 0.117. The summed E-state index contributed by atoms with van der Waals surface area (Å²) < 4.78 is 5.37. The van der Waals surface area contributed by atoms with E-state index in [0.717, 1.165) is 50.5 Å². The molecule has 329 valence electrons. The first-order valence-corrected chi connectivity index (χ1v) is 23.6.